The van der Waals surface area contributed by atoms with Gasteiger partial charge >= 0.3 is 0 Å². The van der Waals surface area contributed by atoms with E-state index in [0.29, 0.717) is 0 Å². The van der Waals surface area contributed by atoms with Gasteiger partial charge in [0.2, 0.25) is 0 Å². The van der Waals surface area contributed by atoms with Gasteiger partial charge in [-0.2, -0.15) is 0 Å². The highest BCUT2D eigenvalue weighted by Gasteiger charge is 2.01. The second kappa shape index (κ2) is 3.72. The Morgan fingerprint density at radius 3 is 2.82 bits per heavy atom. The Morgan fingerprint density at radius 2 is 2.36 bits per heavy atom. The Kier molecular flexibility index (Phi) is 2.89. The lowest BCUT2D eigenvalue weighted by atomic mass is 10.1. The van der Waals surface area contributed by atoms with Crippen molar-refractivity contribution in [1.82, 2.24) is 0 Å². The molecule has 0 bridgehead atoms. The minimum absolute atomic E-state index is 1.13. The monoisotopic (exact) mass is 166 g/mol. The van der Waals surface area contributed by atoms with E-state index in [1.807, 2.05) is 0 Å². The molecule has 1 aromatic heterocycles. The maximum atomic E-state index is 4.06. The molecule has 11 heavy (non-hydrogen) atoms. The van der Waals surface area contributed by atoms with E-state index >= 15 is 0 Å². The van der Waals surface area contributed by atoms with Gasteiger partial charge in [-0.25, -0.2) is 0 Å². The van der Waals surface area contributed by atoms with Crippen LogP contribution in [0.4, 0.5) is 0 Å². The molecule has 1 heteroatoms. The molecule has 0 radical (unpaired) electrons. The van der Waals surface area contributed by atoms with Crippen LogP contribution >= 0.6 is 11.3 Å². The number of thiophene rings is 1. The molecule has 0 unspecified atom stereocenters. The summed E-state index contributed by atoms with van der Waals surface area (Å²) >= 11 is 1.80. The quantitative estimate of drug-likeness (QED) is 0.639. The summed E-state index contributed by atoms with van der Waals surface area (Å²) in [6, 6.07) is 2.15. The first-order valence-electron chi connectivity index (χ1n) is 3.98. The molecule has 0 N–H and O–H groups in total. The van der Waals surface area contributed by atoms with Crippen LogP contribution in [0.1, 0.15) is 30.2 Å². The van der Waals surface area contributed by atoms with Crippen LogP contribution in [0.25, 0.3) is 5.57 Å². The molecule has 0 nitrogen and oxygen atoms in total. The summed E-state index contributed by atoms with van der Waals surface area (Å²) in [5.74, 6) is 0. The van der Waals surface area contributed by atoms with Gasteiger partial charge in [0.05, 0.1) is 0 Å². The highest BCUT2D eigenvalue weighted by molar-refractivity contribution is 7.11. The Labute approximate surface area is 72.6 Å². The molecule has 1 rings (SSSR count). The molecule has 0 saturated heterocycles. The van der Waals surface area contributed by atoms with Gasteiger partial charge < -0.3 is 0 Å². The average Bonchev–Trinajstić information content (AvgIpc) is 2.36. The van der Waals surface area contributed by atoms with Crippen molar-refractivity contribution in [3.63, 3.8) is 0 Å². The van der Waals surface area contributed by atoms with Gasteiger partial charge in [0.1, 0.15) is 0 Å². The fourth-order valence-electron chi connectivity index (χ4n) is 1.15. The van der Waals surface area contributed by atoms with Crippen LogP contribution in [-0.2, 0) is 0 Å². The predicted molar refractivity (Wildman–Crippen MR) is 53.0 cm³/mol. The summed E-state index contributed by atoms with van der Waals surface area (Å²) in [5, 5.41) is 2.13. The minimum Gasteiger partial charge on any atom is -0.144 e. The van der Waals surface area contributed by atoms with E-state index in [2.05, 4.69) is 31.9 Å². The van der Waals surface area contributed by atoms with Crippen LogP contribution in [0.3, 0.4) is 0 Å². The smallest absolute Gasteiger partial charge is 0.0325 e. The molecular formula is C10H14S. The molecule has 0 aliphatic rings. The molecule has 0 amide bonds. The van der Waals surface area contributed by atoms with Crippen molar-refractivity contribution >= 4 is 16.9 Å². The van der Waals surface area contributed by atoms with Gasteiger partial charge in [0, 0.05) is 4.88 Å². The van der Waals surface area contributed by atoms with Crippen molar-refractivity contribution in [2.24, 2.45) is 0 Å². The molecule has 0 fully saturated rings. The van der Waals surface area contributed by atoms with Crippen molar-refractivity contribution in [3.05, 3.63) is 28.5 Å². The lowest BCUT2D eigenvalue weighted by Crippen LogP contribution is -1.79. The molecule has 0 spiro atoms. The summed E-state index contributed by atoms with van der Waals surface area (Å²) in [4.78, 5) is 1.38. The predicted octanol–water partition coefficient (Wildman–Crippen LogP) is 3.87. The van der Waals surface area contributed by atoms with Gasteiger partial charge in [-0.3, -0.25) is 0 Å². The second-order valence-electron chi connectivity index (χ2n) is 2.79. The highest BCUT2D eigenvalue weighted by atomic mass is 32.1. The van der Waals surface area contributed by atoms with Gasteiger partial charge in [-0.1, -0.05) is 19.9 Å². The standard InChI is InChI=1S/C10H14S/c1-4-5-8(2)10-9(3)6-7-11-10/h6-7H,2,4-5H2,1,3H3. The summed E-state index contributed by atoms with van der Waals surface area (Å²) in [6.07, 6.45) is 2.32. The lowest BCUT2D eigenvalue weighted by molar-refractivity contribution is 0.977. The summed E-state index contributed by atoms with van der Waals surface area (Å²) in [6.45, 7) is 8.39. The number of allylic oxidation sites excluding steroid dienone is 1. The lowest BCUT2D eigenvalue weighted by Gasteiger charge is -2.00. The third kappa shape index (κ3) is 1.93. The minimum atomic E-state index is 1.13. The van der Waals surface area contributed by atoms with Crippen molar-refractivity contribution < 1.29 is 0 Å². The third-order valence-electron chi connectivity index (χ3n) is 1.73. The Hall–Kier alpha value is -0.560. The van der Waals surface area contributed by atoms with Gasteiger partial charge in [-0.15, -0.1) is 11.3 Å². The molecule has 1 heterocycles. The van der Waals surface area contributed by atoms with Crippen LogP contribution in [0.2, 0.25) is 0 Å². The molecule has 1 aromatic rings. The maximum absolute atomic E-state index is 4.06. The van der Waals surface area contributed by atoms with Crippen molar-refractivity contribution in [2.45, 2.75) is 26.7 Å². The topological polar surface area (TPSA) is 0 Å². The first-order valence-corrected chi connectivity index (χ1v) is 4.86. The van der Waals surface area contributed by atoms with E-state index < -0.39 is 0 Å². The molecule has 60 valence electrons. The molecule has 0 aromatic carbocycles. The second-order valence-corrected chi connectivity index (χ2v) is 3.70. The van der Waals surface area contributed by atoms with Crippen LogP contribution in [0, 0.1) is 6.92 Å². The van der Waals surface area contributed by atoms with Gasteiger partial charge in [0.25, 0.3) is 0 Å². The number of rotatable bonds is 3. The van der Waals surface area contributed by atoms with Crippen LogP contribution in [-0.4, -0.2) is 0 Å². The largest absolute Gasteiger partial charge is 0.144 e. The number of hydrogen-bond donors (Lipinski definition) is 0. The van der Waals surface area contributed by atoms with Gasteiger partial charge in [-0.05, 0) is 35.9 Å². The number of hydrogen-bond acceptors (Lipinski definition) is 1. The molecule has 0 aliphatic carbocycles. The molecule has 0 aliphatic heterocycles. The highest BCUT2D eigenvalue weighted by Crippen LogP contribution is 2.26. The maximum Gasteiger partial charge on any atom is 0.0325 e. The van der Waals surface area contributed by atoms with Crippen LogP contribution < -0.4 is 0 Å². The molecule has 0 atom stereocenters. The first kappa shape index (κ1) is 8.54. The first-order chi connectivity index (χ1) is 5.25. The summed E-state index contributed by atoms with van der Waals surface area (Å²) in [5.41, 5.74) is 2.66. The number of aryl methyl sites for hydroxylation is 1. The Bertz CT molecular complexity index is 245. The average molecular weight is 166 g/mol. The summed E-state index contributed by atoms with van der Waals surface area (Å²) in [7, 11) is 0. The van der Waals surface area contributed by atoms with E-state index in [-0.39, 0.29) is 0 Å². The van der Waals surface area contributed by atoms with E-state index in [1.54, 1.807) is 11.3 Å². The Balaban J connectivity index is 2.76. The zero-order chi connectivity index (χ0) is 8.27. The zero-order valence-corrected chi connectivity index (χ0v) is 8.00. The van der Waals surface area contributed by atoms with E-state index in [0.717, 1.165) is 6.42 Å². The third-order valence-corrected chi connectivity index (χ3v) is 2.85. The normalized spacial score (nSPS) is 10.0. The fourth-order valence-corrected chi connectivity index (χ4v) is 2.08. The molecular weight excluding hydrogens is 152 g/mol. The van der Waals surface area contributed by atoms with Crippen LogP contribution in [0.5, 0.6) is 0 Å². The zero-order valence-electron chi connectivity index (χ0n) is 7.18. The molecule has 0 saturated carbocycles. The van der Waals surface area contributed by atoms with Crippen molar-refractivity contribution in [2.75, 3.05) is 0 Å². The van der Waals surface area contributed by atoms with Crippen LogP contribution in [0.15, 0.2) is 18.0 Å². The van der Waals surface area contributed by atoms with Crippen molar-refractivity contribution in [3.8, 4) is 0 Å². The van der Waals surface area contributed by atoms with E-state index in [4.69, 9.17) is 0 Å². The van der Waals surface area contributed by atoms with E-state index in [1.165, 1.54) is 22.4 Å². The van der Waals surface area contributed by atoms with E-state index in [9.17, 15) is 0 Å². The SMILES string of the molecule is C=C(CCC)c1sccc1C. The fraction of sp³-hybridized carbons (Fsp3) is 0.400. The summed E-state index contributed by atoms with van der Waals surface area (Å²) < 4.78 is 0. The van der Waals surface area contributed by atoms with Crippen molar-refractivity contribution in [1.29, 1.82) is 0 Å². The van der Waals surface area contributed by atoms with Gasteiger partial charge in [0.15, 0.2) is 0 Å². The Morgan fingerprint density at radius 1 is 1.64 bits per heavy atom.